The maximum absolute atomic E-state index is 12.4. The highest BCUT2D eigenvalue weighted by atomic mass is 16.3. The molecule has 0 aromatic carbocycles. The number of carbonyl (C=O) groups excluding carboxylic acids is 1. The van der Waals surface area contributed by atoms with Gasteiger partial charge in [0.15, 0.2) is 0 Å². The summed E-state index contributed by atoms with van der Waals surface area (Å²) in [5, 5.41) is 33.3. The second-order valence-corrected chi connectivity index (χ2v) is 15.2. The van der Waals surface area contributed by atoms with Gasteiger partial charge in [-0.15, -0.1) is 0 Å². The summed E-state index contributed by atoms with van der Waals surface area (Å²) in [5.41, 5.74) is 0. The van der Waals surface area contributed by atoms with Gasteiger partial charge >= 0.3 is 0 Å². The predicted molar refractivity (Wildman–Crippen MR) is 227 cm³/mol. The quantitative estimate of drug-likeness (QED) is 0.0373. The zero-order valence-corrected chi connectivity index (χ0v) is 34.4. The Labute approximate surface area is 323 Å². The van der Waals surface area contributed by atoms with E-state index in [0.717, 1.165) is 57.8 Å². The lowest BCUT2D eigenvalue weighted by atomic mass is 10.0. The number of aliphatic hydroxyl groups is 3. The summed E-state index contributed by atoms with van der Waals surface area (Å²) in [5.74, 6) is -0.163. The lowest BCUT2D eigenvalue weighted by Gasteiger charge is -2.26. The maximum atomic E-state index is 12.4. The first-order valence-corrected chi connectivity index (χ1v) is 22.4. The molecule has 5 nitrogen and oxygen atoms in total. The topological polar surface area (TPSA) is 89.8 Å². The summed E-state index contributed by atoms with van der Waals surface area (Å²) in [6.45, 7) is 4.03. The minimum absolute atomic E-state index is 0.163. The van der Waals surface area contributed by atoms with Crippen LogP contribution in [0.3, 0.4) is 0 Å². The van der Waals surface area contributed by atoms with Crippen LogP contribution in [0.15, 0.2) is 48.6 Å². The van der Waals surface area contributed by atoms with E-state index in [4.69, 9.17) is 0 Å². The average Bonchev–Trinajstić information content (AvgIpc) is 3.15. The maximum Gasteiger partial charge on any atom is 0.220 e. The number of rotatable bonds is 40. The number of amides is 1. The third-order valence-electron chi connectivity index (χ3n) is 10.1. The highest BCUT2D eigenvalue weighted by molar-refractivity contribution is 5.76. The smallest absolute Gasteiger partial charge is 0.220 e. The SMILES string of the molecule is CC/C=C/CC/C=C/CCCC(O)C(O)C(CO)NC(=O)CCCCCCCCCCCCCCC/C=C\C/C=C\CCCCCCCCCCC. The fourth-order valence-electron chi connectivity index (χ4n) is 6.69. The standard InChI is InChI=1S/C47H87NO4/c1-3-5-7-9-11-13-14-15-16-17-18-19-20-21-22-23-24-25-26-27-28-29-30-31-32-34-36-38-40-42-46(51)48-44(43-49)47(52)45(50)41-39-37-35-33-12-10-8-6-4-2/h6,8,18-19,21-22,33,35,44-45,47,49-50,52H,3-5,7,9-17,20,23-32,34,36-43H2,1-2H3,(H,48,51)/b8-6+,19-18-,22-21-,35-33+. The minimum atomic E-state index is -1.17. The van der Waals surface area contributed by atoms with E-state index in [-0.39, 0.29) is 12.5 Å². The van der Waals surface area contributed by atoms with Crippen LogP contribution in [-0.2, 0) is 4.79 Å². The van der Waals surface area contributed by atoms with Gasteiger partial charge in [0, 0.05) is 6.42 Å². The van der Waals surface area contributed by atoms with Crippen LogP contribution in [0.5, 0.6) is 0 Å². The summed E-state index contributed by atoms with van der Waals surface area (Å²) < 4.78 is 0. The molecule has 0 saturated carbocycles. The molecule has 0 heterocycles. The molecule has 0 saturated heterocycles. The molecule has 304 valence electrons. The lowest BCUT2D eigenvalue weighted by molar-refractivity contribution is -0.124. The Balaban J connectivity index is 3.55. The molecule has 4 N–H and O–H groups in total. The van der Waals surface area contributed by atoms with Crippen molar-refractivity contribution in [3.63, 3.8) is 0 Å². The average molecular weight is 730 g/mol. The molecule has 3 atom stereocenters. The van der Waals surface area contributed by atoms with E-state index in [1.807, 2.05) is 0 Å². The Morgan fingerprint density at radius 2 is 0.904 bits per heavy atom. The monoisotopic (exact) mass is 730 g/mol. The number of unbranched alkanes of at least 4 members (excludes halogenated alkanes) is 24. The van der Waals surface area contributed by atoms with Crippen LogP contribution >= 0.6 is 0 Å². The first-order valence-electron chi connectivity index (χ1n) is 22.4. The first kappa shape index (κ1) is 50.3. The molecule has 52 heavy (non-hydrogen) atoms. The van der Waals surface area contributed by atoms with E-state index in [2.05, 4.69) is 67.8 Å². The van der Waals surface area contributed by atoms with Crippen molar-refractivity contribution in [2.24, 2.45) is 0 Å². The van der Waals surface area contributed by atoms with Crippen molar-refractivity contribution in [1.29, 1.82) is 0 Å². The van der Waals surface area contributed by atoms with Crippen molar-refractivity contribution >= 4 is 5.91 Å². The Kier molecular flexibility index (Phi) is 40.7. The third kappa shape index (κ3) is 36.7. The van der Waals surface area contributed by atoms with Crippen LogP contribution in [0.1, 0.15) is 219 Å². The molecule has 5 heteroatoms. The zero-order valence-electron chi connectivity index (χ0n) is 34.4. The van der Waals surface area contributed by atoms with E-state index in [1.54, 1.807) is 0 Å². The second kappa shape index (κ2) is 42.1. The van der Waals surface area contributed by atoms with Gasteiger partial charge in [0.2, 0.25) is 5.91 Å². The van der Waals surface area contributed by atoms with Crippen LogP contribution in [0.2, 0.25) is 0 Å². The summed E-state index contributed by atoms with van der Waals surface area (Å²) in [6, 6.07) is -0.831. The lowest BCUT2D eigenvalue weighted by Crippen LogP contribution is -2.50. The van der Waals surface area contributed by atoms with Crippen LogP contribution in [-0.4, -0.2) is 46.1 Å². The van der Waals surface area contributed by atoms with Crippen molar-refractivity contribution in [2.45, 2.75) is 238 Å². The molecule has 0 radical (unpaired) electrons. The fourth-order valence-corrected chi connectivity index (χ4v) is 6.69. The van der Waals surface area contributed by atoms with Crippen molar-refractivity contribution in [2.75, 3.05) is 6.61 Å². The molecule has 0 aromatic heterocycles. The Hall–Kier alpha value is -1.69. The molecule has 0 aromatic rings. The summed E-state index contributed by atoms with van der Waals surface area (Å²) in [7, 11) is 0. The Bertz CT molecular complexity index is 850. The number of aliphatic hydroxyl groups excluding tert-OH is 3. The van der Waals surface area contributed by atoms with Gasteiger partial charge in [-0.3, -0.25) is 4.79 Å². The molecule has 0 aliphatic rings. The molecule has 0 aliphatic heterocycles. The van der Waals surface area contributed by atoms with Gasteiger partial charge < -0.3 is 20.6 Å². The second-order valence-electron chi connectivity index (χ2n) is 15.2. The van der Waals surface area contributed by atoms with Gasteiger partial charge in [0.05, 0.1) is 18.8 Å². The van der Waals surface area contributed by atoms with Gasteiger partial charge in [-0.25, -0.2) is 0 Å². The van der Waals surface area contributed by atoms with E-state index < -0.39 is 18.2 Å². The molecule has 1 amide bonds. The van der Waals surface area contributed by atoms with Crippen molar-refractivity contribution in [1.82, 2.24) is 5.32 Å². The number of nitrogens with one attached hydrogen (secondary N) is 1. The normalized spacial score (nSPS) is 14.0. The van der Waals surface area contributed by atoms with E-state index in [1.165, 1.54) is 135 Å². The van der Waals surface area contributed by atoms with Gasteiger partial charge in [0.1, 0.15) is 6.10 Å². The van der Waals surface area contributed by atoms with Gasteiger partial charge in [-0.2, -0.15) is 0 Å². The molecule has 0 spiro atoms. The largest absolute Gasteiger partial charge is 0.394 e. The molecule has 0 aliphatic carbocycles. The predicted octanol–water partition coefficient (Wildman–Crippen LogP) is 12.9. The van der Waals surface area contributed by atoms with E-state index >= 15 is 0 Å². The first-order chi connectivity index (χ1) is 25.6. The summed E-state index contributed by atoms with van der Waals surface area (Å²) in [4.78, 5) is 12.4. The fraction of sp³-hybridized carbons (Fsp3) is 0.809. The Morgan fingerprint density at radius 3 is 1.38 bits per heavy atom. The van der Waals surface area contributed by atoms with Gasteiger partial charge in [0.25, 0.3) is 0 Å². The minimum Gasteiger partial charge on any atom is -0.394 e. The third-order valence-corrected chi connectivity index (χ3v) is 10.1. The summed E-state index contributed by atoms with van der Waals surface area (Å²) in [6.07, 6.45) is 54.0. The molecule has 0 bridgehead atoms. The van der Waals surface area contributed by atoms with E-state index in [0.29, 0.717) is 12.8 Å². The van der Waals surface area contributed by atoms with Gasteiger partial charge in [-0.05, 0) is 77.0 Å². The number of hydrogen-bond acceptors (Lipinski definition) is 4. The number of hydrogen-bond donors (Lipinski definition) is 4. The van der Waals surface area contributed by atoms with E-state index in [9.17, 15) is 20.1 Å². The Morgan fingerprint density at radius 1 is 0.500 bits per heavy atom. The van der Waals surface area contributed by atoms with Crippen molar-refractivity contribution in [3.8, 4) is 0 Å². The molecule has 0 rings (SSSR count). The van der Waals surface area contributed by atoms with Crippen LogP contribution in [0.4, 0.5) is 0 Å². The zero-order chi connectivity index (χ0) is 38.0. The molecule has 3 unspecified atom stereocenters. The highest BCUT2D eigenvalue weighted by Crippen LogP contribution is 2.15. The number of carbonyl (C=O) groups is 1. The van der Waals surface area contributed by atoms with Crippen molar-refractivity contribution in [3.05, 3.63) is 48.6 Å². The van der Waals surface area contributed by atoms with Gasteiger partial charge in [-0.1, -0.05) is 184 Å². The van der Waals surface area contributed by atoms with Crippen molar-refractivity contribution < 1.29 is 20.1 Å². The number of allylic oxidation sites excluding steroid dienone is 8. The van der Waals surface area contributed by atoms with Crippen LogP contribution in [0, 0.1) is 0 Å². The highest BCUT2D eigenvalue weighted by Gasteiger charge is 2.26. The summed E-state index contributed by atoms with van der Waals surface area (Å²) >= 11 is 0. The molecule has 0 fully saturated rings. The molecular weight excluding hydrogens is 643 g/mol. The van der Waals surface area contributed by atoms with Crippen LogP contribution < -0.4 is 5.32 Å². The molecular formula is C47H87NO4. The van der Waals surface area contributed by atoms with Crippen LogP contribution in [0.25, 0.3) is 0 Å².